The predicted molar refractivity (Wildman–Crippen MR) is 65.6 cm³/mol. The van der Waals surface area contributed by atoms with Crippen LogP contribution in [0, 0.1) is 0 Å². The van der Waals surface area contributed by atoms with Gasteiger partial charge in [0.05, 0.1) is 5.75 Å². The number of aryl methyl sites for hydroxylation is 1. The monoisotopic (exact) mass is 275 g/mol. The fourth-order valence-electron chi connectivity index (χ4n) is 1.23. The number of nitrogens with one attached hydrogen (secondary N) is 3. The Bertz CT molecular complexity index is 496. The van der Waals surface area contributed by atoms with Crippen LogP contribution in [0.15, 0.2) is 0 Å². The minimum atomic E-state index is -3.31. The summed E-state index contributed by atoms with van der Waals surface area (Å²) in [5.41, 5.74) is 0. The molecule has 3 N–H and O–H groups in total. The van der Waals surface area contributed by atoms with E-state index in [4.69, 9.17) is 0 Å². The second-order valence-corrected chi connectivity index (χ2v) is 5.68. The lowest BCUT2D eigenvalue weighted by Gasteiger charge is -2.02. The van der Waals surface area contributed by atoms with E-state index >= 15 is 0 Å². The molecule has 0 saturated heterocycles. The second-order valence-electron chi connectivity index (χ2n) is 3.63. The van der Waals surface area contributed by atoms with Gasteiger partial charge in [-0.05, 0) is 13.5 Å². The lowest BCUT2D eigenvalue weighted by molar-refractivity contribution is 0.0946. The molecule has 18 heavy (non-hydrogen) atoms. The summed E-state index contributed by atoms with van der Waals surface area (Å²) in [6.07, 6.45) is 1.62. The van der Waals surface area contributed by atoms with Gasteiger partial charge in [-0.25, -0.2) is 18.1 Å². The fraction of sp³-hybridized carbons (Fsp3) is 0.667. The topological polar surface area (TPSA) is 117 Å². The van der Waals surface area contributed by atoms with Crippen molar-refractivity contribution in [1.29, 1.82) is 0 Å². The number of sulfonamides is 1. The molecule has 0 saturated carbocycles. The number of hydrogen-bond acceptors (Lipinski definition) is 5. The molecule has 1 amide bonds. The number of nitrogens with zero attached hydrogens (tertiary/aromatic N) is 2. The van der Waals surface area contributed by atoms with E-state index in [0.29, 0.717) is 12.2 Å². The van der Waals surface area contributed by atoms with Crippen molar-refractivity contribution in [2.24, 2.45) is 0 Å². The first-order chi connectivity index (χ1) is 8.48. The molecule has 0 unspecified atom stereocenters. The molecule has 0 atom stereocenters. The van der Waals surface area contributed by atoms with Gasteiger partial charge >= 0.3 is 0 Å². The maximum absolute atomic E-state index is 11.6. The summed E-state index contributed by atoms with van der Waals surface area (Å²) in [6.45, 7) is 2.00. The van der Waals surface area contributed by atoms with Crippen molar-refractivity contribution in [1.82, 2.24) is 25.2 Å². The summed E-state index contributed by atoms with van der Waals surface area (Å²) < 4.78 is 24.4. The van der Waals surface area contributed by atoms with Crippen molar-refractivity contribution in [2.75, 3.05) is 19.3 Å². The summed E-state index contributed by atoms with van der Waals surface area (Å²) in [7, 11) is -1.99. The average Bonchev–Trinajstić information content (AvgIpc) is 2.78. The lowest BCUT2D eigenvalue weighted by Crippen LogP contribution is -2.33. The summed E-state index contributed by atoms with van der Waals surface area (Å²) in [5, 5.41) is 8.85. The van der Waals surface area contributed by atoms with E-state index < -0.39 is 15.9 Å². The third kappa shape index (κ3) is 4.41. The van der Waals surface area contributed by atoms with E-state index in [0.717, 1.165) is 6.42 Å². The maximum Gasteiger partial charge on any atom is 0.290 e. The molecule has 102 valence electrons. The Labute approximate surface area is 106 Å². The highest BCUT2D eigenvalue weighted by molar-refractivity contribution is 7.89. The number of carbonyl (C=O) groups is 1. The second kappa shape index (κ2) is 6.45. The van der Waals surface area contributed by atoms with Crippen molar-refractivity contribution >= 4 is 15.9 Å². The summed E-state index contributed by atoms with van der Waals surface area (Å²) >= 11 is 0. The lowest BCUT2D eigenvalue weighted by atomic mass is 10.3. The zero-order chi connectivity index (χ0) is 13.6. The van der Waals surface area contributed by atoms with Crippen molar-refractivity contribution in [3.63, 3.8) is 0 Å². The minimum absolute atomic E-state index is 0.0135. The average molecular weight is 275 g/mol. The predicted octanol–water partition coefficient (Wildman–Crippen LogP) is -0.964. The molecule has 0 aliphatic heterocycles. The van der Waals surface area contributed by atoms with Gasteiger partial charge in [-0.3, -0.25) is 9.89 Å². The summed E-state index contributed by atoms with van der Waals surface area (Å²) in [6, 6.07) is 0. The number of aromatic amines is 1. The highest BCUT2D eigenvalue weighted by Crippen LogP contribution is 1.96. The van der Waals surface area contributed by atoms with Gasteiger partial charge in [-0.2, -0.15) is 0 Å². The first-order valence-electron chi connectivity index (χ1n) is 5.59. The zero-order valence-corrected chi connectivity index (χ0v) is 11.2. The fourth-order valence-corrected chi connectivity index (χ4v) is 1.80. The quantitative estimate of drug-likeness (QED) is 0.592. The van der Waals surface area contributed by atoms with Crippen LogP contribution >= 0.6 is 0 Å². The van der Waals surface area contributed by atoms with Crippen LogP contribution in [0.5, 0.6) is 0 Å². The Hall–Kier alpha value is -1.48. The van der Waals surface area contributed by atoms with E-state index in [9.17, 15) is 13.2 Å². The van der Waals surface area contributed by atoms with Gasteiger partial charge in [0.1, 0.15) is 5.82 Å². The summed E-state index contributed by atoms with van der Waals surface area (Å²) in [4.78, 5) is 15.6. The van der Waals surface area contributed by atoms with E-state index in [2.05, 4.69) is 25.2 Å². The van der Waals surface area contributed by atoms with Crippen LogP contribution in [0.3, 0.4) is 0 Å². The SMILES string of the molecule is CCCc1nc(C(=O)NCCS(=O)(=O)NC)n[nH]1. The summed E-state index contributed by atoms with van der Waals surface area (Å²) in [5.74, 6) is 0.00675. The van der Waals surface area contributed by atoms with Gasteiger partial charge in [-0.15, -0.1) is 5.10 Å². The van der Waals surface area contributed by atoms with Gasteiger partial charge < -0.3 is 5.32 Å². The molecule has 8 nitrogen and oxygen atoms in total. The molecule has 1 aromatic rings. The van der Waals surface area contributed by atoms with Gasteiger partial charge in [0.25, 0.3) is 5.91 Å². The molecule has 0 radical (unpaired) electrons. The molecule has 1 heterocycles. The van der Waals surface area contributed by atoms with Crippen LogP contribution in [0.2, 0.25) is 0 Å². The molecule has 9 heteroatoms. The molecular weight excluding hydrogens is 258 g/mol. The van der Waals surface area contributed by atoms with Crippen molar-refractivity contribution in [3.05, 3.63) is 11.6 Å². The number of carbonyl (C=O) groups excluding carboxylic acids is 1. The van der Waals surface area contributed by atoms with Crippen LogP contribution < -0.4 is 10.0 Å². The van der Waals surface area contributed by atoms with Crippen LogP contribution in [-0.2, 0) is 16.4 Å². The Kier molecular flexibility index (Phi) is 5.23. The largest absolute Gasteiger partial charge is 0.348 e. The van der Waals surface area contributed by atoms with Crippen LogP contribution in [-0.4, -0.2) is 48.9 Å². The number of aromatic nitrogens is 3. The molecule has 0 bridgehead atoms. The molecule has 1 aromatic heterocycles. The molecule has 0 fully saturated rings. The van der Waals surface area contributed by atoms with E-state index in [1.54, 1.807) is 0 Å². The van der Waals surface area contributed by atoms with Crippen molar-refractivity contribution in [3.8, 4) is 0 Å². The third-order valence-electron chi connectivity index (χ3n) is 2.19. The number of H-pyrrole nitrogens is 1. The third-order valence-corrected chi connectivity index (χ3v) is 3.55. The van der Waals surface area contributed by atoms with Gasteiger partial charge in [-0.1, -0.05) is 6.92 Å². The first-order valence-corrected chi connectivity index (χ1v) is 7.24. The van der Waals surface area contributed by atoms with Crippen molar-refractivity contribution in [2.45, 2.75) is 19.8 Å². The number of amides is 1. The van der Waals surface area contributed by atoms with E-state index in [1.165, 1.54) is 7.05 Å². The minimum Gasteiger partial charge on any atom is -0.348 e. The van der Waals surface area contributed by atoms with Crippen LogP contribution in [0.4, 0.5) is 0 Å². The zero-order valence-electron chi connectivity index (χ0n) is 10.4. The van der Waals surface area contributed by atoms with E-state index in [1.807, 2.05) is 6.92 Å². The number of hydrogen-bond donors (Lipinski definition) is 3. The van der Waals surface area contributed by atoms with Crippen LogP contribution in [0.25, 0.3) is 0 Å². The Morgan fingerprint density at radius 3 is 2.78 bits per heavy atom. The van der Waals surface area contributed by atoms with Crippen LogP contribution in [0.1, 0.15) is 29.8 Å². The smallest absolute Gasteiger partial charge is 0.290 e. The molecule has 0 aromatic carbocycles. The Morgan fingerprint density at radius 1 is 1.44 bits per heavy atom. The highest BCUT2D eigenvalue weighted by Gasteiger charge is 2.13. The van der Waals surface area contributed by atoms with Gasteiger partial charge in [0, 0.05) is 13.0 Å². The Morgan fingerprint density at radius 2 is 2.17 bits per heavy atom. The highest BCUT2D eigenvalue weighted by atomic mass is 32.2. The van der Waals surface area contributed by atoms with Gasteiger partial charge in [0.15, 0.2) is 0 Å². The molecule has 0 spiro atoms. The standard InChI is InChI=1S/C9H17N5O3S/c1-3-4-7-12-8(14-13-7)9(15)11-5-6-18(16,17)10-2/h10H,3-6H2,1-2H3,(H,11,15)(H,12,13,14). The van der Waals surface area contributed by atoms with E-state index in [-0.39, 0.29) is 18.1 Å². The Balaban J connectivity index is 2.45. The van der Waals surface area contributed by atoms with Crippen molar-refractivity contribution < 1.29 is 13.2 Å². The first kappa shape index (κ1) is 14.6. The molecular formula is C9H17N5O3S. The normalized spacial score (nSPS) is 11.4. The maximum atomic E-state index is 11.6. The molecule has 1 rings (SSSR count). The molecule has 0 aliphatic carbocycles. The number of rotatable bonds is 7. The molecule has 0 aliphatic rings. The van der Waals surface area contributed by atoms with Gasteiger partial charge in [0.2, 0.25) is 15.8 Å².